The molecule has 6 nitrogen and oxygen atoms in total. The van der Waals surface area contributed by atoms with Crippen molar-refractivity contribution < 1.29 is 23.8 Å². The van der Waals surface area contributed by atoms with Crippen LogP contribution in [0, 0.1) is 13.8 Å². The number of benzene rings is 2. The molecule has 0 aromatic heterocycles. The summed E-state index contributed by atoms with van der Waals surface area (Å²) >= 11 is 0. The average Bonchev–Trinajstić information content (AvgIpc) is 2.75. The minimum absolute atomic E-state index is 0.321. The van der Waals surface area contributed by atoms with Crippen LogP contribution >= 0.6 is 0 Å². The van der Waals surface area contributed by atoms with Crippen LogP contribution in [0.2, 0.25) is 0 Å². The van der Waals surface area contributed by atoms with Crippen molar-refractivity contribution in [2.24, 2.45) is 5.16 Å². The summed E-state index contributed by atoms with van der Waals surface area (Å²) in [6.45, 7) is 6.46. The van der Waals surface area contributed by atoms with E-state index in [9.17, 15) is 4.79 Å². The van der Waals surface area contributed by atoms with Crippen LogP contribution in [0.3, 0.4) is 0 Å². The van der Waals surface area contributed by atoms with E-state index >= 15 is 0 Å². The van der Waals surface area contributed by atoms with Crippen LogP contribution < -0.4 is 4.74 Å². The first-order chi connectivity index (χ1) is 14.5. The maximum Gasteiger partial charge on any atom is 0.338 e. The number of carbonyl (C=O) groups is 1. The van der Waals surface area contributed by atoms with E-state index in [-0.39, 0.29) is 5.97 Å². The fourth-order valence-corrected chi connectivity index (χ4v) is 3.21. The predicted molar refractivity (Wildman–Crippen MR) is 118 cm³/mol. The summed E-state index contributed by atoms with van der Waals surface area (Å²) in [4.78, 5) is 17.1. The van der Waals surface area contributed by atoms with Gasteiger partial charge in [-0.05, 0) is 55.2 Å². The smallest absolute Gasteiger partial charge is 0.338 e. The number of carbonyl (C=O) groups excluding carboxylic acids is 1. The van der Waals surface area contributed by atoms with Gasteiger partial charge in [0.05, 0.1) is 19.3 Å². The van der Waals surface area contributed by atoms with Crippen LogP contribution in [-0.4, -0.2) is 39.6 Å². The maximum atomic E-state index is 12.1. The number of hydrogen-bond acceptors (Lipinski definition) is 6. The minimum atomic E-state index is -0.371. The van der Waals surface area contributed by atoms with E-state index in [1.165, 1.54) is 14.2 Å². The summed E-state index contributed by atoms with van der Waals surface area (Å²) in [5.41, 5.74) is 5.84. The topological polar surface area (TPSA) is 66.4 Å². The summed E-state index contributed by atoms with van der Waals surface area (Å²) in [7, 11) is 4.51. The fraction of sp³-hybridized carbons (Fsp3) is 0.333. The molecule has 2 aromatic carbocycles. The minimum Gasteiger partial charge on any atom is -0.489 e. The SMILES string of the molecule is CC=C(C(=O)OC)c1ccccc1COc1cc(C)c(/C(COC)=N/OC)cc1C. The van der Waals surface area contributed by atoms with Crippen LogP contribution in [0.25, 0.3) is 5.57 Å². The van der Waals surface area contributed by atoms with Gasteiger partial charge in [0.2, 0.25) is 0 Å². The largest absolute Gasteiger partial charge is 0.489 e. The molecule has 2 rings (SSSR count). The van der Waals surface area contributed by atoms with Gasteiger partial charge in [-0.3, -0.25) is 0 Å². The van der Waals surface area contributed by atoms with Gasteiger partial charge < -0.3 is 19.0 Å². The van der Waals surface area contributed by atoms with E-state index in [1.54, 1.807) is 13.2 Å². The molecule has 0 N–H and O–H groups in total. The normalized spacial score (nSPS) is 11.9. The van der Waals surface area contributed by atoms with E-state index in [4.69, 9.17) is 19.0 Å². The Balaban J connectivity index is 2.31. The van der Waals surface area contributed by atoms with Crippen molar-refractivity contribution in [2.45, 2.75) is 27.4 Å². The highest BCUT2D eigenvalue weighted by molar-refractivity contribution is 6.16. The molecule has 0 unspecified atom stereocenters. The van der Waals surface area contributed by atoms with E-state index in [0.29, 0.717) is 24.5 Å². The van der Waals surface area contributed by atoms with Crippen molar-refractivity contribution in [1.82, 2.24) is 0 Å². The van der Waals surface area contributed by atoms with Crippen molar-refractivity contribution >= 4 is 17.3 Å². The molecule has 0 fully saturated rings. The van der Waals surface area contributed by atoms with E-state index in [0.717, 1.165) is 33.6 Å². The molecule has 0 saturated carbocycles. The third kappa shape index (κ3) is 5.48. The first kappa shape index (κ1) is 23.2. The van der Waals surface area contributed by atoms with Crippen LogP contribution in [0.4, 0.5) is 0 Å². The summed E-state index contributed by atoms with van der Waals surface area (Å²) in [6, 6.07) is 11.6. The number of methoxy groups -OCH3 is 2. The zero-order chi connectivity index (χ0) is 22.1. The lowest BCUT2D eigenvalue weighted by Gasteiger charge is -2.16. The zero-order valence-corrected chi connectivity index (χ0v) is 18.4. The highest BCUT2D eigenvalue weighted by atomic mass is 16.6. The molecule has 160 valence electrons. The number of ether oxygens (including phenoxy) is 3. The van der Waals surface area contributed by atoms with Crippen LogP contribution in [0.15, 0.2) is 47.6 Å². The number of nitrogens with zero attached hydrogens (tertiary/aromatic N) is 1. The number of allylic oxidation sites excluding steroid dienone is 1. The van der Waals surface area contributed by atoms with Crippen LogP contribution in [-0.2, 0) is 25.7 Å². The van der Waals surface area contributed by atoms with Crippen molar-refractivity contribution in [1.29, 1.82) is 0 Å². The third-order valence-electron chi connectivity index (χ3n) is 4.70. The molecule has 0 aliphatic rings. The second-order valence-electron chi connectivity index (χ2n) is 6.73. The second-order valence-corrected chi connectivity index (χ2v) is 6.73. The molecule has 30 heavy (non-hydrogen) atoms. The van der Waals surface area contributed by atoms with Crippen molar-refractivity contribution in [2.75, 3.05) is 27.9 Å². The molecular weight excluding hydrogens is 382 g/mol. The number of oxime groups is 1. The standard InChI is InChI=1S/C24H29NO5/c1-7-19(24(26)28-5)20-11-9-8-10-18(20)14-30-23-13-16(2)21(12-17(23)3)22(15-27-4)25-29-6/h7-13H,14-15H2,1-6H3/b19-7?,25-22+. The van der Waals surface area contributed by atoms with Gasteiger partial charge in [-0.2, -0.15) is 0 Å². The van der Waals surface area contributed by atoms with Gasteiger partial charge in [-0.15, -0.1) is 0 Å². The summed E-state index contributed by atoms with van der Waals surface area (Å²) in [5, 5.41) is 4.08. The predicted octanol–water partition coefficient (Wildman–Crippen LogP) is 4.46. The summed E-state index contributed by atoms with van der Waals surface area (Å²) in [6.07, 6.45) is 1.75. The molecule has 0 amide bonds. The lowest BCUT2D eigenvalue weighted by molar-refractivity contribution is -0.133. The van der Waals surface area contributed by atoms with Gasteiger partial charge in [-0.25, -0.2) is 4.79 Å². The molecule has 0 aliphatic heterocycles. The van der Waals surface area contributed by atoms with Gasteiger partial charge >= 0.3 is 5.97 Å². The van der Waals surface area contributed by atoms with Crippen molar-refractivity contribution in [3.63, 3.8) is 0 Å². The maximum absolute atomic E-state index is 12.1. The van der Waals surface area contributed by atoms with Crippen molar-refractivity contribution in [3.05, 3.63) is 70.3 Å². The van der Waals surface area contributed by atoms with Gasteiger partial charge in [0.25, 0.3) is 0 Å². The highest BCUT2D eigenvalue weighted by Gasteiger charge is 2.16. The average molecular weight is 411 g/mol. The first-order valence-corrected chi connectivity index (χ1v) is 9.63. The molecule has 0 heterocycles. The molecule has 0 aliphatic carbocycles. The Morgan fingerprint density at radius 3 is 2.40 bits per heavy atom. The van der Waals surface area contributed by atoms with E-state index in [1.807, 2.05) is 57.2 Å². The Kier molecular flexibility index (Phi) is 8.62. The molecular formula is C24H29NO5. The molecule has 0 atom stereocenters. The molecule has 2 aromatic rings. The third-order valence-corrected chi connectivity index (χ3v) is 4.70. The number of aryl methyl sites for hydroxylation is 2. The fourth-order valence-electron chi connectivity index (χ4n) is 3.21. The Hall–Kier alpha value is -3.12. The molecule has 0 spiro atoms. The van der Waals surface area contributed by atoms with Crippen molar-refractivity contribution in [3.8, 4) is 5.75 Å². The van der Waals surface area contributed by atoms with Gasteiger partial charge in [0.15, 0.2) is 0 Å². The second kappa shape index (κ2) is 11.2. The Morgan fingerprint density at radius 1 is 1.03 bits per heavy atom. The quantitative estimate of drug-likeness (QED) is 0.264. The Labute approximate surface area is 178 Å². The van der Waals surface area contributed by atoms with Gasteiger partial charge in [0, 0.05) is 12.7 Å². The lowest BCUT2D eigenvalue weighted by atomic mass is 9.99. The highest BCUT2D eigenvalue weighted by Crippen LogP contribution is 2.27. The molecule has 0 saturated heterocycles. The number of hydrogen-bond donors (Lipinski definition) is 0. The Morgan fingerprint density at radius 2 is 1.77 bits per heavy atom. The monoisotopic (exact) mass is 411 g/mol. The molecule has 0 radical (unpaired) electrons. The lowest BCUT2D eigenvalue weighted by Crippen LogP contribution is -2.12. The number of rotatable bonds is 9. The summed E-state index contributed by atoms with van der Waals surface area (Å²) < 4.78 is 16.3. The molecule has 6 heteroatoms. The van der Waals surface area contributed by atoms with Crippen LogP contribution in [0.1, 0.15) is 34.7 Å². The van der Waals surface area contributed by atoms with E-state index in [2.05, 4.69) is 5.16 Å². The van der Waals surface area contributed by atoms with E-state index < -0.39 is 0 Å². The summed E-state index contributed by atoms with van der Waals surface area (Å²) in [5.74, 6) is 0.393. The van der Waals surface area contributed by atoms with Crippen LogP contribution in [0.5, 0.6) is 5.75 Å². The van der Waals surface area contributed by atoms with Gasteiger partial charge in [0.1, 0.15) is 25.2 Å². The first-order valence-electron chi connectivity index (χ1n) is 9.63. The van der Waals surface area contributed by atoms with Gasteiger partial charge in [-0.1, -0.05) is 35.5 Å². The zero-order valence-electron chi connectivity index (χ0n) is 18.4. The molecule has 0 bridgehead atoms. The Bertz CT molecular complexity index is 947. The number of esters is 1.